The van der Waals surface area contributed by atoms with Crippen molar-refractivity contribution in [2.75, 3.05) is 0 Å². The number of hydrogen-bond acceptors (Lipinski definition) is 4. The number of benzene rings is 1. The minimum absolute atomic E-state index is 0.0495. The zero-order chi connectivity index (χ0) is 12.4. The summed E-state index contributed by atoms with van der Waals surface area (Å²) in [4.78, 5) is 10.1. The molecule has 0 atom stereocenters. The zero-order valence-electron chi connectivity index (χ0n) is 9.00. The van der Waals surface area contributed by atoms with E-state index in [4.69, 9.17) is 11.6 Å². The highest BCUT2D eigenvalue weighted by Crippen LogP contribution is 2.21. The van der Waals surface area contributed by atoms with Crippen molar-refractivity contribution in [1.82, 2.24) is 14.8 Å². The van der Waals surface area contributed by atoms with Crippen molar-refractivity contribution >= 4 is 17.3 Å². The largest absolute Gasteiger partial charge is 0.313 e. The first-order valence-electron chi connectivity index (χ1n) is 4.82. The average Bonchev–Trinajstić information content (AvgIpc) is 2.70. The van der Waals surface area contributed by atoms with E-state index >= 15 is 0 Å². The summed E-state index contributed by atoms with van der Waals surface area (Å²) in [6.45, 7) is 0. The van der Waals surface area contributed by atoms with Crippen LogP contribution in [0.4, 0.5) is 5.69 Å². The maximum absolute atomic E-state index is 10.5. The Morgan fingerprint density at radius 3 is 2.47 bits per heavy atom. The maximum atomic E-state index is 10.5. The molecule has 0 radical (unpaired) electrons. The summed E-state index contributed by atoms with van der Waals surface area (Å²) in [6.07, 6.45) is 0. The highest BCUT2D eigenvalue weighted by molar-refractivity contribution is 6.16. The third-order valence-corrected chi connectivity index (χ3v) is 2.66. The molecule has 0 aliphatic heterocycles. The second-order valence-corrected chi connectivity index (χ2v) is 3.70. The van der Waals surface area contributed by atoms with Gasteiger partial charge in [-0.25, -0.2) is 0 Å². The Balaban J connectivity index is 2.39. The molecule has 0 aliphatic carbocycles. The van der Waals surface area contributed by atoms with Crippen LogP contribution in [0.25, 0.3) is 11.4 Å². The Bertz CT molecular complexity index is 550. The van der Waals surface area contributed by atoms with Crippen molar-refractivity contribution in [2.24, 2.45) is 7.05 Å². The van der Waals surface area contributed by atoms with Gasteiger partial charge in [-0.05, 0) is 12.1 Å². The predicted octanol–water partition coefficient (Wildman–Crippen LogP) is 2.13. The van der Waals surface area contributed by atoms with E-state index in [0.29, 0.717) is 11.6 Å². The molecule has 0 unspecified atom stereocenters. The topological polar surface area (TPSA) is 73.8 Å². The van der Waals surface area contributed by atoms with Crippen LogP contribution in [-0.2, 0) is 12.9 Å². The van der Waals surface area contributed by atoms with Crippen LogP contribution in [0, 0.1) is 10.1 Å². The Kier molecular flexibility index (Phi) is 3.06. The minimum atomic E-state index is -0.440. The standard InChI is InChI=1S/C10H9ClN4O2/c1-14-9(6-11)12-13-10(14)7-2-4-8(5-3-7)15(16)17/h2-5H,6H2,1H3. The summed E-state index contributed by atoms with van der Waals surface area (Å²) in [6, 6.07) is 6.15. The third kappa shape index (κ3) is 2.12. The molecule has 1 aromatic carbocycles. The molecule has 0 amide bonds. The molecule has 0 spiro atoms. The Morgan fingerprint density at radius 1 is 1.35 bits per heavy atom. The number of nitro groups is 1. The summed E-state index contributed by atoms with van der Waals surface area (Å²) in [5.74, 6) is 1.56. The van der Waals surface area contributed by atoms with E-state index in [1.165, 1.54) is 12.1 Å². The van der Waals surface area contributed by atoms with Crippen LogP contribution in [0.15, 0.2) is 24.3 Å². The minimum Gasteiger partial charge on any atom is -0.313 e. The highest BCUT2D eigenvalue weighted by Gasteiger charge is 2.11. The van der Waals surface area contributed by atoms with Gasteiger partial charge in [-0.15, -0.1) is 21.8 Å². The lowest BCUT2D eigenvalue weighted by Gasteiger charge is -2.01. The van der Waals surface area contributed by atoms with Gasteiger partial charge in [-0.2, -0.15) is 0 Å². The van der Waals surface area contributed by atoms with Gasteiger partial charge in [0, 0.05) is 24.7 Å². The average molecular weight is 253 g/mol. The zero-order valence-corrected chi connectivity index (χ0v) is 9.76. The Morgan fingerprint density at radius 2 is 2.00 bits per heavy atom. The van der Waals surface area contributed by atoms with Crippen LogP contribution in [0.1, 0.15) is 5.82 Å². The summed E-state index contributed by atoms with van der Waals surface area (Å²) in [5.41, 5.74) is 0.815. The first-order valence-corrected chi connectivity index (χ1v) is 5.36. The molecule has 0 N–H and O–H groups in total. The van der Waals surface area contributed by atoms with E-state index in [2.05, 4.69) is 10.2 Å². The monoisotopic (exact) mass is 252 g/mol. The molecule has 0 fully saturated rings. The molecule has 0 bridgehead atoms. The number of rotatable bonds is 3. The molecule has 0 saturated heterocycles. The Hall–Kier alpha value is -1.95. The summed E-state index contributed by atoms with van der Waals surface area (Å²) < 4.78 is 1.76. The lowest BCUT2D eigenvalue weighted by Crippen LogP contribution is -1.97. The summed E-state index contributed by atoms with van der Waals surface area (Å²) in [5, 5.41) is 18.4. The van der Waals surface area contributed by atoms with Crippen LogP contribution in [0.2, 0.25) is 0 Å². The smallest absolute Gasteiger partial charge is 0.269 e. The molecule has 1 heterocycles. The molecule has 2 aromatic rings. The molecule has 6 nitrogen and oxygen atoms in total. The third-order valence-electron chi connectivity index (χ3n) is 2.42. The quantitative estimate of drug-likeness (QED) is 0.476. The van der Waals surface area contributed by atoms with Gasteiger partial charge in [-0.1, -0.05) is 0 Å². The van der Waals surface area contributed by atoms with Crippen LogP contribution in [0.3, 0.4) is 0 Å². The van der Waals surface area contributed by atoms with Crippen LogP contribution in [-0.4, -0.2) is 19.7 Å². The fraction of sp³-hybridized carbons (Fsp3) is 0.200. The number of hydrogen-bond donors (Lipinski definition) is 0. The normalized spacial score (nSPS) is 10.5. The SMILES string of the molecule is Cn1c(CCl)nnc1-c1ccc([N+](=O)[O-])cc1. The molecule has 17 heavy (non-hydrogen) atoms. The van der Waals surface area contributed by atoms with Crippen LogP contribution >= 0.6 is 11.6 Å². The molecule has 0 saturated carbocycles. The van der Waals surface area contributed by atoms with Crippen molar-refractivity contribution in [3.63, 3.8) is 0 Å². The van der Waals surface area contributed by atoms with Crippen LogP contribution < -0.4 is 0 Å². The van der Waals surface area contributed by atoms with Crippen molar-refractivity contribution in [3.8, 4) is 11.4 Å². The van der Waals surface area contributed by atoms with Gasteiger partial charge in [0.1, 0.15) is 5.82 Å². The Labute approximate surface area is 102 Å². The lowest BCUT2D eigenvalue weighted by molar-refractivity contribution is -0.384. The van der Waals surface area contributed by atoms with E-state index in [9.17, 15) is 10.1 Å². The first kappa shape index (κ1) is 11.5. The molecule has 2 rings (SSSR count). The van der Waals surface area contributed by atoms with Gasteiger partial charge in [0.25, 0.3) is 5.69 Å². The van der Waals surface area contributed by atoms with Gasteiger partial charge in [0.2, 0.25) is 0 Å². The summed E-state index contributed by atoms with van der Waals surface area (Å²) in [7, 11) is 1.80. The van der Waals surface area contributed by atoms with E-state index in [0.717, 1.165) is 5.56 Å². The molecule has 7 heteroatoms. The van der Waals surface area contributed by atoms with Crippen molar-refractivity contribution in [2.45, 2.75) is 5.88 Å². The van der Waals surface area contributed by atoms with Gasteiger partial charge in [-0.3, -0.25) is 10.1 Å². The molecule has 88 valence electrons. The van der Waals surface area contributed by atoms with E-state index < -0.39 is 4.92 Å². The highest BCUT2D eigenvalue weighted by atomic mass is 35.5. The fourth-order valence-electron chi connectivity index (χ4n) is 1.46. The molecule has 0 aliphatic rings. The van der Waals surface area contributed by atoms with E-state index in [1.54, 1.807) is 23.7 Å². The molecular weight excluding hydrogens is 244 g/mol. The van der Waals surface area contributed by atoms with Gasteiger partial charge < -0.3 is 4.57 Å². The number of nitrogens with zero attached hydrogens (tertiary/aromatic N) is 4. The number of nitro benzene ring substituents is 1. The summed E-state index contributed by atoms with van der Waals surface area (Å²) >= 11 is 5.69. The second kappa shape index (κ2) is 4.50. The number of alkyl halides is 1. The first-order chi connectivity index (χ1) is 8.13. The molecular formula is C10H9ClN4O2. The number of non-ortho nitro benzene ring substituents is 1. The molecule has 1 aromatic heterocycles. The van der Waals surface area contributed by atoms with Crippen molar-refractivity contribution < 1.29 is 4.92 Å². The van der Waals surface area contributed by atoms with Crippen molar-refractivity contribution in [1.29, 1.82) is 0 Å². The van der Waals surface area contributed by atoms with E-state index in [1.807, 2.05) is 0 Å². The lowest BCUT2D eigenvalue weighted by atomic mass is 10.2. The van der Waals surface area contributed by atoms with E-state index in [-0.39, 0.29) is 11.6 Å². The number of halogens is 1. The number of aromatic nitrogens is 3. The van der Waals surface area contributed by atoms with Crippen LogP contribution in [0.5, 0.6) is 0 Å². The second-order valence-electron chi connectivity index (χ2n) is 3.44. The fourth-order valence-corrected chi connectivity index (χ4v) is 1.69. The van der Waals surface area contributed by atoms with Gasteiger partial charge in [0.05, 0.1) is 10.8 Å². The van der Waals surface area contributed by atoms with Crippen molar-refractivity contribution in [3.05, 3.63) is 40.2 Å². The maximum Gasteiger partial charge on any atom is 0.269 e. The van der Waals surface area contributed by atoms with Gasteiger partial charge in [0.15, 0.2) is 5.82 Å². The van der Waals surface area contributed by atoms with Gasteiger partial charge >= 0.3 is 0 Å². The predicted molar refractivity (Wildman–Crippen MR) is 62.7 cm³/mol.